The van der Waals surface area contributed by atoms with Gasteiger partial charge in [0.05, 0.1) is 58.5 Å². The fourth-order valence-corrected chi connectivity index (χ4v) is 5.42. The maximum Gasteiger partial charge on any atom is 2.00 e. The van der Waals surface area contributed by atoms with Gasteiger partial charge < -0.3 is 28.1 Å². The van der Waals surface area contributed by atoms with Gasteiger partial charge >= 0.3 is 72.8 Å². The second-order valence-electron chi connectivity index (χ2n) is 11.7. The molecule has 2 aromatic carbocycles. The monoisotopic (exact) mass is 908 g/mol. The van der Waals surface area contributed by atoms with Crippen molar-refractivity contribution in [2.24, 2.45) is 0 Å². The van der Waals surface area contributed by atoms with Gasteiger partial charge in [-0.2, -0.15) is 0 Å². The largest absolute Gasteiger partial charge is 2.00 e. The summed E-state index contributed by atoms with van der Waals surface area (Å²) in [6.45, 7) is 8.69. The number of rotatable bonds is 22. The van der Waals surface area contributed by atoms with Crippen LogP contribution in [0.5, 0.6) is 0 Å². The van der Waals surface area contributed by atoms with E-state index in [9.17, 15) is 45.1 Å². The molecule has 0 saturated heterocycles. The minimum atomic E-state index is -4.76. The molecule has 0 radical (unpaired) electrons. The predicted octanol–water partition coefficient (Wildman–Crippen LogP) is 6.19. The van der Waals surface area contributed by atoms with Crippen molar-refractivity contribution < 1.29 is 64.1 Å². The maximum atomic E-state index is 12.3. The topological polar surface area (TPSA) is 220 Å². The quantitative estimate of drug-likeness (QED) is 0.0423. The molecule has 0 atom stereocenters. The Balaban J connectivity index is 0.00000100. The van der Waals surface area contributed by atoms with Gasteiger partial charge in [0.15, 0.2) is 0 Å². The molecule has 0 aliphatic heterocycles. The SMILES string of the molecule is CCCCCOC(=O)c1ccc(S(=O)(=O)[O-])cc1C(=O)OCCCCC.CCCCCOC(=O)c1ccc(S(=O)(=O)[O-])cc1C(=O)OCCCCC.[Ba+2]. The maximum absolute atomic E-state index is 12.3. The van der Waals surface area contributed by atoms with Gasteiger partial charge in [-0.05, 0) is 62.1 Å². The summed E-state index contributed by atoms with van der Waals surface area (Å²) in [7, 11) is -9.53. The van der Waals surface area contributed by atoms with E-state index in [0.29, 0.717) is 25.7 Å². The Kier molecular flexibility index (Phi) is 26.1. The second-order valence-corrected chi connectivity index (χ2v) is 14.5. The summed E-state index contributed by atoms with van der Waals surface area (Å²) in [6, 6.07) is 5.92. The van der Waals surface area contributed by atoms with E-state index < -0.39 is 53.9 Å². The van der Waals surface area contributed by atoms with Crippen molar-refractivity contribution in [2.45, 2.75) is 115 Å². The first kappa shape index (κ1) is 50.7. The number of carbonyl (C=O) groups excluding carboxylic acids is 4. The van der Waals surface area contributed by atoms with E-state index in [2.05, 4.69) is 0 Å². The molecule has 0 spiro atoms. The molecule has 0 unspecified atom stereocenters. The number of benzene rings is 2. The summed E-state index contributed by atoms with van der Waals surface area (Å²) in [5.41, 5.74) is -0.790. The third-order valence-electron chi connectivity index (χ3n) is 7.36. The number of hydrogen-bond acceptors (Lipinski definition) is 14. The summed E-state index contributed by atoms with van der Waals surface area (Å²) in [6.07, 6.45) is 10.0. The van der Waals surface area contributed by atoms with E-state index in [4.69, 9.17) is 18.9 Å². The zero-order valence-electron chi connectivity index (χ0n) is 31.0. The molecule has 2 aromatic rings. The molecule has 17 heteroatoms. The number of hydrogen-bond donors (Lipinski definition) is 0. The van der Waals surface area contributed by atoms with Crippen LogP contribution in [0.3, 0.4) is 0 Å². The van der Waals surface area contributed by atoms with Gasteiger partial charge in [-0.1, -0.05) is 79.1 Å². The van der Waals surface area contributed by atoms with Gasteiger partial charge in [-0.15, -0.1) is 0 Å². The van der Waals surface area contributed by atoms with Crippen LogP contribution in [0, 0.1) is 0 Å². The predicted molar refractivity (Wildman–Crippen MR) is 194 cm³/mol. The first-order chi connectivity index (χ1) is 24.6. The molecule has 0 heterocycles. The van der Waals surface area contributed by atoms with Crippen LogP contribution in [-0.4, -0.2) is 125 Å². The molecule has 0 aromatic heterocycles. The summed E-state index contributed by atoms with van der Waals surface area (Å²) in [4.78, 5) is 47.8. The number of ether oxygens (including phenoxy) is 4. The summed E-state index contributed by atoms with van der Waals surface area (Å²) < 4.78 is 87.7. The summed E-state index contributed by atoms with van der Waals surface area (Å²) in [5, 5.41) is 0. The molecule has 0 saturated carbocycles. The third kappa shape index (κ3) is 19.7. The fraction of sp³-hybridized carbons (Fsp3) is 0.556. The Morgan fingerprint density at radius 3 is 0.925 bits per heavy atom. The number of carbonyl (C=O) groups is 4. The van der Waals surface area contributed by atoms with E-state index in [1.807, 2.05) is 27.7 Å². The van der Waals surface area contributed by atoms with Gasteiger partial charge in [0.1, 0.15) is 20.2 Å². The van der Waals surface area contributed by atoms with Crippen molar-refractivity contribution in [1.82, 2.24) is 0 Å². The van der Waals surface area contributed by atoms with Crippen LogP contribution in [0.15, 0.2) is 46.2 Å². The summed E-state index contributed by atoms with van der Waals surface area (Å²) in [5.74, 6) is -3.22. The molecule has 0 aliphatic carbocycles. The Morgan fingerprint density at radius 1 is 0.453 bits per heavy atom. The molecule has 0 bridgehead atoms. The minimum absolute atomic E-state index is 0. The van der Waals surface area contributed by atoms with E-state index in [-0.39, 0.29) is 97.6 Å². The average Bonchev–Trinajstić information content (AvgIpc) is 3.11. The van der Waals surface area contributed by atoms with Crippen LogP contribution in [-0.2, 0) is 39.2 Å². The zero-order valence-corrected chi connectivity index (χ0v) is 37.1. The van der Waals surface area contributed by atoms with Crippen LogP contribution < -0.4 is 0 Å². The van der Waals surface area contributed by atoms with Gasteiger partial charge in [0, 0.05) is 0 Å². The standard InChI is InChI=1S/2C18H26O7S.Ba/c2*1-3-5-7-11-24-17(19)15-10-9-14(26(21,22)23)13-16(15)18(20)25-12-8-6-4-2;/h2*9-10,13H,3-8,11-12H2,1-2H3,(H,21,22,23);/q;;+2/p-2. The molecular weight excluding hydrogens is 858 g/mol. The normalized spacial score (nSPS) is 11.0. The van der Waals surface area contributed by atoms with Crippen molar-refractivity contribution in [3.63, 3.8) is 0 Å². The molecule has 14 nitrogen and oxygen atoms in total. The molecule has 0 fully saturated rings. The number of unbranched alkanes of at least 4 members (excludes halogenated alkanes) is 8. The van der Waals surface area contributed by atoms with Crippen LogP contribution in [0.1, 0.15) is 146 Å². The Labute approximate surface area is 353 Å². The van der Waals surface area contributed by atoms with Crippen LogP contribution in [0.4, 0.5) is 0 Å². The molecule has 2 rings (SSSR count). The van der Waals surface area contributed by atoms with E-state index in [1.54, 1.807) is 0 Å². The molecule has 53 heavy (non-hydrogen) atoms. The second kappa shape index (κ2) is 27.3. The van der Waals surface area contributed by atoms with Crippen LogP contribution >= 0.6 is 0 Å². The Hall–Kier alpha value is -2.29. The fourth-order valence-electron chi connectivity index (χ4n) is 4.43. The van der Waals surface area contributed by atoms with Gasteiger partial charge in [0.25, 0.3) is 0 Å². The molecular formula is C36H50BaO14S2. The smallest absolute Gasteiger partial charge is 0.744 e. The van der Waals surface area contributed by atoms with Crippen molar-refractivity contribution in [3.05, 3.63) is 58.7 Å². The molecule has 292 valence electrons. The van der Waals surface area contributed by atoms with Crippen molar-refractivity contribution >= 4 is 93.0 Å². The van der Waals surface area contributed by atoms with Gasteiger partial charge in [-0.3, -0.25) is 0 Å². The molecule has 0 aliphatic rings. The van der Waals surface area contributed by atoms with Crippen molar-refractivity contribution in [1.29, 1.82) is 0 Å². The molecule has 0 amide bonds. The van der Waals surface area contributed by atoms with Crippen molar-refractivity contribution in [2.75, 3.05) is 26.4 Å². The first-order valence-electron chi connectivity index (χ1n) is 17.5. The molecule has 0 N–H and O–H groups in total. The minimum Gasteiger partial charge on any atom is -0.744 e. The van der Waals surface area contributed by atoms with Crippen LogP contribution in [0.25, 0.3) is 0 Å². The van der Waals surface area contributed by atoms with Gasteiger partial charge in [-0.25, -0.2) is 36.0 Å². The van der Waals surface area contributed by atoms with Crippen molar-refractivity contribution in [3.8, 4) is 0 Å². The zero-order chi connectivity index (χ0) is 39.2. The van der Waals surface area contributed by atoms with E-state index in [0.717, 1.165) is 87.8 Å². The van der Waals surface area contributed by atoms with Gasteiger partial charge in [0.2, 0.25) is 0 Å². The Morgan fingerprint density at radius 2 is 0.698 bits per heavy atom. The Bertz CT molecular complexity index is 1550. The number of esters is 4. The van der Waals surface area contributed by atoms with Crippen LogP contribution in [0.2, 0.25) is 0 Å². The van der Waals surface area contributed by atoms with E-state index >= 15 is 0 Å². The van der Waals surface area contributed by atoms with E-state index in [1.165, 1.54) is 0 Å². The first-order valence-corrected chi connectivity index (χ1v) is 20.3. The summed E-state index contributed by atoms with van der Waals surface area (Å²) >= 11 is 0. The average molecular weight is 908 g/mol. The third-order valence-corrected chi connectivity index (χ3v) is 9.03.